The van der Waals surface area contributed by atoms with Crippen molar-refractivity contribution in [1.82, 2.24) is 10.6 Å². The topological polar surface area (TPSA) is 84.2 Å². The largest absolute Gasteiger partial charge is 0.350 e. The summed E-state index contributed by atoms with van der Waals surface area (Å²) in [5.41, 5.74) is 5.74. The first-order valence-corrected chi connectivity index (χ1v) is 7.11. The van der Waals surface area contributed by atoms with Gasteiger partial charge >= 0.3 is 0 Å². The molecule has 1 saturated carbocycles. The fraction of sp³-hybridized carbons (Fsp3) is 0.857. The molecule has 0 saturated heterocycles. The zero-order valence-electron chi connectivity index (χ0n) is 12.7. The molecular weight excluding hydrogens is 278 g/mol. The maximum absolute atomic E-state index is 11.8. The van der Waals surface area contributed by atoms with E-state index in [-0.39, 0.29) is 48.3 Å². The molecule has 2 atom stereocenters. The molecule has 5 nitrogen and oxygen atoms in total. The van der Waals surface area contributed by atoms with E-state index in [2.05, 4.69) is 10.6 Å². The van der Waals surface area contributed by atoms with Crippen LogP contribution in [0.4, 0.5) is 0 Å². The van der Waals surface area contributed by atoms with Gasteiger partial charge in [0.1, 0.15) is 0 Å². The molecule has 4 N–H and O–H groups in total. The third kappa shape index (κ3) is 7.70. The van der Waals surface area contributed by atoms with Crippen LogP contribution in [0.3, 0.4) is 0 Å². The molecule has 0 aromatic heterocycles. The number of hydrogen-bond donors (Lipinski definition) is 3. The molecule has 20 heavy (non-hydrogen) atoms. The fourth-order valence-electron chi connectivity index (χ4n) is 2.44. The van der Waals surface area contributed by atoms with Gasteiger partial charge in [-0.25, -0.2) is 0 Å². The Balaban J connectivity index is 0.00000361. The number of halogens is 1. The van der Waals surface area contributed by atoms with Crippen molar-refractivity contribution in [1.29, 1.82) is 0 Å². The van der Waals surface area contributed by atoms with Gasteiger partial charge in [-0.05, 0) is 39.5 Å². The number of carbonyl (C=O) groups excluding carboxylic acids is 2. The fourth-order valence-corrected chi connectivity index (χ4v) is 2.44. The Hall–Kier alpha value is -0.810. The molecule has 0 spiro atoms. The van der Waals surface area contributed by atoms with Gasteiger partial charge < -0.3 is 16.4 Å². The normalized spacial score (nSPS) is 22.6. The molecule has 0 heterocycles. The molecule has 1 aliphatic rings. The number of amides is 2. The summed E-state index contributed by atoms with van der Waals surface area (Å²) in [6.07, 6.45) is 4.76. The summed E-state index contributed by atoms with van der Waals surface area (Å²) in [5.74, 6) is 0.0274. The summed E-state index contributed by atoms with van der Waals surface area (Å²) >= 11 is 0. The summed E-state index contributed by atoms with van der Waals surface area (Å²) in [6, 6.07) is 0.128. The van der Waals surface area contributed by atoms with E-state index in [0.717, 1.165) is 25.7 Å². The van der Waals surface area contributed by atoms with E-state index in [4.69, 9.17) is 5.73 Å². The molecular formula is C14H28ClN3O2. The lowest BCUT2D eigenvalue weighted by molar-refractivity contribution is -0.127. The SMILES string of the molecule is CC(C)(C)NC(=O)CNC(=O)CC1CCCCC1N.Cl. The predicted octanol–water partition coefficient (Wildman–Crippen LogP) is 1.35. The summed E-state index contributed by atoms with van der Waals surface area (Å²) in [5, 5.41) is 5.47. The zero-order chi connectivity index (χ0) is 14.5. The van der Waals surface area contributed by atoms with Gasteiger partial charge in [-0.15, -0.1) is 12.4 Å². The summed E-state index contributed by atoms with van der Waals surface area (Å²) in [6.45, 7) is 5.77. The minimum atomic E-state index is -0.270. The molecule has 118 valence electrons. The number of nitrogens with one attached hydrogen (secondary N) is 2. The first-order chi connectivity index (χ1) is 8.78. The monoisotopic (exact) mass is 305 g/mol. The van der Waals surface area contributed by atoms with Crippen molar-refractivity contribution < 1.29 is 9.59 Å². The van der Waals surface area contributed by atoms with Crippen LogP contribution in [0.2, 0.25) is 0 Å². The minimum Gasteiger partial charge on any atom is -0.350 e. The van der Waals surface area contributed by atoms with E-state index >= 15 is 0 Å². The first-order valence-electron chi connectivity index (χ1n) is 7.11. The molecule has 1 aliphatic carbocycles. The van der Waals surface area contributed by atoms with E-state index in [1.165, 1.54) is 0 Å². The quantitative estimate of drug-likeness (QED) is 0.733. The molecule has 1 rings (SSSR count). The molecule has 2 unspecified atom stereocenters. The van der Waals surface area contributed by atoms with E-state index in [9.17, 15) is 9.59 Å². The van der Waals surface area contributed by atoms with Gasteiger partial charge in [0.25, 0.3) is 0 Å². The highest BCUT2D eigenvalue weighted by Crippen LogP contribution is 2.25. The van der Waals surface area contributed by atoms with Crippen molar-refractivity contribution in [3.63, 3.8) is 0 Å². The second kappa shape index (κ2) is 8.47. The predicted molar refractivity (Wildman–Crippen MR) is 82.7 cm³/mol. The van der Waals surface area contributed by atoms with Crippen LogP contribution >= 0.6 is 12.4 Å². The molecule has 6 heteroatoms. The van der Waals surface area contributed by atoms with E-state index < -0.39 is 0 Å². The number of carbonyl (C=O) groups is 2. The van der Waals surface area contributed by atoms with Crippen molar-refractivity contribution in [3.8, 4) is 0 Å². The Kier molecular flexibility index (Phi) is 8.13. The second-order valence-electron chi connectivity index (χ2n) is 6.49. The van der Waals surface area contributed by atoms with Gasteiger partial charge in [0.15, 0.2) is 0 Å². The highest BCUT2D eigenvalue weighted by atomic mass is 35.5. The third-order valence-corrected chi connectivity index (χ3v) is 3.38. The molecule has 2 amide bonds. The summed E-state index contributed by atoms with van der Waals surface area (Å²) in [4.78, 5) is 23.3. The Morgan fingerprint density at radius 1 is 1.15 bits per heavy atom. The van der Waals surface area contributed by atoms with Crippen LogP contribution in [0.1, 0.15) is 52.9 Å². The van der Waals surface area contributed by atoms with Crippen LogP contribution in [-0.2, 0) is 9.59 Å². The van der Waals surface area contributed by atoms with Gasteiger partial charge in [0.2, 0.25) is 11.8 Å². The highest BCUT2D eigenvalue weighted by molar-refractivity contribution is 5.85. The van der Waals surface area contributed by atoms with Crippen molar-refractivity contribution in [2.45, 2.75) is 64.5 Å². The van der Waals surface area contributed by atoms with Gasteiger partial charge in [-0.1, -0.05) is 12.8 Å². The maximum atomic E-state index is 11.8. The Labute approximate surface area is 127 Å². The van der Waals surface area contributed by atoms with E-state index in [0.29, 0.717) is 6.42 Å². The van der Waals surface area contributed by atoms with Crippen LogP contribution in [0, 0.1) is 5.92 Å². The van der Waals surface area contributed by atoms with Crippen molar-refractivity contribution in [2.75, 3.05) is 6.54 Å². The van der Waals surface area contributed by atoms with E-state index in [1.807, 2.05) is 20.8 Å². The first kappa shape index (κ1) is 19.2. The smallest absolute Gasteiger partial charge is 0.239 e. The van der Waals surface area contributed by atoms with Gasteiger partial charge in [-0.2, -0.15) is 0 Å². The van der Waals surface area contributed by atoms with E-state index in [1.54, 1.807) is 0 Å². The van der Waals surface area contributed by atoms with Crippen LogP contribution in [0.5, 0.6) is 0 Å². The average molecular weight is 306 g/mol. The highest BCUT2D eigenvalue weighted by Gasteiger charge is 2.24. The van der Waals surface area contributed by atoms with Crippen molar-refractivity contribution >= 4 is 24.2 Å². The Morgan fingerprint density at radius 3 is 2.30 bits per heavy atom. The van der Waals surface area contributed by atoms with Gasteiger partial charge in [-0.3, -0.25) is 9.59 Å². The maximum Gasteiger partial charge on any atom is 0.239 e. The molecule has 0 radical (unpaired) electrons. The zero-order valence-corrected chi connectivity index (χ0v) is 13.5. The minimum absolute atomic E-state index is 0. The standard InChI is InChI=1S/C14H27N3O2.ClH/c1-14(2,3)17-13(19)9-16-12(18)8-10-6-4-5-7-11(10)15;/h10-11H,4-9,15H2,1-3H3,(H,16,18)(H,17,19);1H. The Morgan fingerprint density at radius 2 is 1.75 bits per heavy atom. The average Bonchev–Trinajstić information content (AvgIpc) is 2.27. The van der Waals surface area contributed by atoms with Crippen LogP contribution in [0.15, 0.2) is 0 Å². The van der Waals surface area contributed by atoms with Crippen LogP contribution in [0.25, 0.3) is 0 Å². The number of rotatable bonds is 4. The Bertz CT molecular complexity index is 329. The van der Waals surface area contributed by atoms with Crippen molar-refractivity contribution in [3.05, 3.63) is 0 Å². The summed E-state index contributed by atoms with van der Waals surface area (Å²) in [7, 11) is 0. The molecule has 1 fully saturated rings. The lowest BCUT2D eigenvalue weighted by Gasteiger charge is -2.28. The van der Waals surface area contributed by atoms with Crippen LogP contribution in [-0.4, -0.2) is 29.9 Å². The lowest BCUT2D eigenvalue weighted by Crippen LogP contribution is -2.46. The van der Waals surface area contributed by atoms with Crippen molar-refractivity contribution in [2.24, 2.45) is 11.7 Å². The second-order valence-corrected chi connectivity index (χ2v) is 6.49. The third-order valence-electron chi connectivity index (χ3n) is 3.38. The van der Waals surface area contributed by atoms with Crippen LogP contribution < -0.4 is 16.4 Å². The molecule has 0 aromatic carbocycles. The van der Waals surface area contributed by atoms with Gasteiger partial charge in [0.05, 0.1) is 6.54 Å². The number of nitrogens with two attached hydrogens (primary N) is 1. The molecule has 0 bridgehead atoms. The summed E-state index contributed by atoms with van der Waals surface area (Å²) < 4.78 is 0. The lowest BCUT2D eigenvalue weighted by atomic mass is 9.83. The number of hydrogen-bond acceptors (Lipinski definition) is 3. The molecule has 0 aromatic rings. The van der Waals surface area contributed by atoms with Gasteiger partial charge in [0, 0.05) is 18.0 Å². The molecule has 0 aliphatic heterocycles.